The largest absolute Gasteiger partial charge is 0.335 e. The smallest absolute Gasteiger partial charge is 0.329 e. The fourth-order valence-electron chi connectivity index (χ4n) is 0.480. The minimum absolute atomic E-state index is 0. The van der Waals surface area contributed by atoms with E-state index in [2.05, 4.69) is 4.84 Å². The molecule has 7 heteroatoms. The summed E-state index contributed by atoms with van der Waals surface area (Å²) in [6, 6.07) is 0. The molecule has 1 rings (SSSR count). The van der Waals surface area contributed by atoms with Crippen LogP contribution in [-0.2, 0) is 4.79 Å². The first kappa shape index (κ1) is 14.0. The average molecular weight is 231 g/mol. The molecule has 0 aliphatic heterocycles. The summed E-state index contributed by atoms with van der Waals surface area (Å²) in [6.45, 7) is 1.30. The highest BCUT2D eigenvalue weighted by Crippen LogP contribution is 1.84. The summed E-state index contributed by atoms with van der Waals surface area (Å²) in [7, 11) is 0. The number of hydrogen-bond donors (Lipinski definition) is 1. The lowest BCUT2D eigenvalue weighted by Crippen LogP contribution is -2.24. The van der Waals surface area contributed by atoms with Crippen molar-refractivity contribution in [1.82, 2.24) is 4.73 Å². The maximum absolute atomic E-state index is 10.3. The molecule has 0 radical (unpaired) electrons. The Morgan fingerprint density at radius 1 is 1.67 bits per heavy atom. The summed E-state index contributed by atoms with van der Waals surface area (Å²) in [5, 5.41) is 8.82. The van der Waals surface area contributed by atoms with Crippen molar-refractivity contribution in [2.24, 2.45) is 0 Å². The topological polar surface area (TPSA) is 55.1 Å². The van der Waals surface area contributed by atoms with Crippen molar-refractivity contribution in [3.8, 4) is 0 Å². The maximum atomic E-state index is 10.3. The molecule has 0 aromatic carbocycles. The first-order valence-corrected chi connectivity index (χ1v) is 3.48. The first-order chi connectivity index (χ1) is 4.70. The normalized spacial score (nSPS) is 7.75. The van der Waals surface area contributed by atoms with Crippen LogP contribution in [0.15, 0.2) is 11.6 Å². The fourth-order valence-corrected chi connectivity index (χ4v) is 0.983. The summed E-state index contributed by atoms with van der Waals surface area (Å²) in [5.74, 6) is -0.420. The van der Waals surface area contributed by atoms with Gasteiger partial charge in [-0.15, -0.1) is 36.2 Å². The van der Waals surface area contributed by atoms with E-state index < -0.39 is 5.97 Å². The van der Waals surface area contributed by atoms with E-state index in [0.29, 0.717) is 0 Å². The van der Waals surface area contributed by atoms with Crippen LogP contribution in [0.2, 0.25) is 0 Å². The third-order valence-corrected chi connectivity index (χ3v) is 1.46. The van der Waals surface area contributed by atoms with Crippen molar-refractivity contribution in [3.05, 3.63) is 16.4 Å². The second kappa shape index (κ2) is 6.05. The molecule has 0 unspecified atom stereocenters. The summed E-state index contributed by atoms with van der Waals surface area (Å²) in [6.07, 6.45) is 1.52. The summed E-state index contributed by atoms with van der Waals surface area (Å²) >= 11 is 1.20. The van der Waals surface area contributed by atoms with Gasteiger partial charge in [0.2, 0.25) is 4.80 Å². The van der Waals surface area contributed by atoms with Crippen LogP contribution in [0.5, 0.6) is 0 Å². The highest BCUT2D eigenvalue weighted by atomic mass is 35.5. The second-order valence-electron chi connectivity index (χ2n) is 1.62. The second-order valence-corrected chi connectivity index (χ2v) is 2.51. The molecule has 4 nitrogen and oxygen atoms in total. The number of aromatic nitrogens is 1. The van der Waals surface area contributed by atoms with E-state index in [1.807, 2.05) is 0 Å². The highest BCUT2D eigenvalue weighted by molar-refractivity contribution is 7.06. The van der Waals surface area contributed by atoms with Crippen LogP contribution < -0.4 is 9.64 Å². The molecule has 70 valence electrons. The van der Waals surface area contributed by atoms with Crippen LogP contribution in [0.3, 0.4) is 0 Å². The van der Waals surface area contributed by atoms with E-state index in [-0.39, 0.29) is 29.6 Å². The number of hydrogen-bond acceptors (Lipinski definition) is 4. The standard InChI is InChI=1S/C5H6N2O2S.2ClH/c1-4(8)9-7-2-3-10-5(7)6;;/h2-3,6H,1H3;2*1H. The van der Waals surface area contributed by atoms with Crippen molar-refractivity contribution < 1.29 is 9.63 Å². The monoisotopic (exact) mass is 230 g/mol. The Hall–Kier alpha value is -0.520. The van der Waals surface area contributed by atoms with Gasteiger partial charge in [-0.3, -0.25) is 5.41 Å². The van der Waals surface area contributed by atoms with Gasteiger partial charge in [-0.2, -0.15) is 4.73 Å². The van der Waals surface area contributed by atoms with E-state index in [1.165, 1.54) is 24.5 Å². The van der Waals surface area contributed by atoms with Gasteiger partial charge in [-0.25, -0.2) is 4.79 Å². The zero-order chi connectivity index (χ0) is 7.56. The molecule has 0 saturated carbocycles. The van der Waals surface area contributed by atoms with Gasteiger partial charge in [-0.05, 0) is 0 Å². The average Bonchev–Trinajstić information content (AvgIpc) is 2.15. The number of nitrogens with one attached hydrogen (secondary N) is 1. The third-order valence-electron chi connectivity index (χ3n) is 0.803. The molecule has 1 aromatic rings. The Kier molecular flexibility index (Phi) is 7.07. The molecule has 0 spiro atoms. The minimum Gasteiger partial charge on any atom is -0.335 e. The molecule has 1 N–H and O–H groups in total. The van der Waals surface area contributed by atoms with Crippen molar-refractivity contribution in [3.63, 3.8) is 0 Å². The third kappa shape index (κ3) is 3.75. The van der Waals surface area contributed by atoms with Crippen LogP contribution in [0.25, 0.3) is 0 Å². The number of nitrogens with zero attached hydrogens (tertiary/aromatic N) is 1. The minimum atomic E-state index is -0.420. The molecule has 0 atom stereocenters. The molecule has 0 fully saturated rings. The molecular weight excluding hydrogens is 223 g/mol. The van der Waals surface area contributed by atoms with Gasteiger partial charge in [0.1, 0.15) is 0 Å². The van der Waals surface area contributed by atoms with Crippen molar-refractivity contribution in [2.75, 3.05) is 0 Å². The summed E-state index contributed by atoms with van der Waals surface area (Å²) in [5.41, 5.74) is 0. The summed E-state index contributed by atoms with van der Waals surface area (Å²) in [4.78, 5) is 15.1. The van der Waals surface area contributed by atoms with Crippen molar-refractivity contribution in [2.45, 2.75) is 6.92 Å². The van der Waals surface area contributed by atoms with Crippen LogP contribution in [0.1, 0.15) is 6.92 Å². The first-order valence-electron chi connectivity index (χ1n) is 2.60. The zero-order valence-corrected chi connectivity index (χ0v) is 8.59. The number of thiazole rings is 1. The van der Waals surface area contributed by atoms with Crippen molar-refractivity contribution in [1.29, 1.82) is 5.41 Å². The van der Waals surface area contributed by atoms with E-state index in [4.69, 9.17) is 5.41 Å². The Morgan fingerprint density at radius 2 is 2.25 bits per heavy atom. The van der Waals surface area contributed by atoms with Crippen LogP contribution >= 0.6 is 36.2 Å². The van der Waals surface area contributed by atoms with Gasteiger partial charge in [0.15, 0.2) is 0 Å². The Labute approximate surface area is 85.5 Å². The molecular formula is C5H8Cl2N2O2S. The van der Waals surface area contributed by atoms with Crippen molar-refractivity contribution >= 4 is 42.1 Å². The van der Waals surface area contributed by atoms with Gasteiger partial charge in [0.25, 0.3) is 0 Å². The van der Waals surface area contributed by atoms with E-state index in [1.54, 1.807) is 5.38 Å². The fraction of sp³-hybridized carbons (Fsp3) is 0.200. The number of carbonyl (C=O) groups is 1. The van der Waals surface area contributed by atoms with E-state index in [9.17, 15) is 4.79 Å². The SMILES string of the molecule is CC(=O)On1ccsc1=N.Cl.Cl. The molecule has 0 bridgehead atoms. The molecule has 0 amide bonds. The lowest BCUT2D eigenvalue weighted by atomic mass is 10.8. The number of rotatable bonds is 1. The van der Waals surface area contributed by atoms with E-state index >= 15 is 0 Å². The quantitative estimate of drug-likeness (QED) is 0.778. The zero-order valence-electron chi connectivity index (χ0n) is 6.14. The predicted molar refractivity (Wildman–Crippen MR) is 49.9 cm³/mol. The van der Waals surface area contributed by atoms with Gasteiger partial charge >= 0.3 is 5.97 Å². The number of carbonyl (C=O) groups excluding carboxylic acids is 1. The van der Waals surface area contributed by atoms with Crippen LogP contribution in [0, 0.1) is 5.41 Å². The van der Waals surface area contributed by atoms with Gasteiger partial charge in [0, 0.05) is 12.3 Å². The molecule has 12 heavy (non-hydrogen) atoms. The van der Waals surface area contributed by atoms with E-state index in [0.717, 1.165) is 4.73 Å². The lowest BCUT2D eigenvalue weighted by molar-refractivity contribution is -0.141. The van der Waals surface area contributed by atoms with Gasteiger partial charge in [-0.1, -0.05) is 0 Å². The molecule has 1 heterocycles. The maximum Gasteiger partial charge on any atom is 0.329 e. The number of halogens is 2. The molecule has 0 saturated heterocycles. The summed E-state index contributed by atoms with van der Waals surface area (Å²) < 4.78 is 1.12. The van der Waals surface area contributed by atoms with Crippen LogP contribution in [-0.4, -0.2) is 10.7 Å². The van der Waals surface area contributed by atoms with Gasteiger partial charge < -0.3 is 4.84 Å². The molecule has 0 aliphatic rings. The highest BCUT2D eigenvalue weighted by Gasteiger charge is 1.95. The Balaban J connectivity index is 0. The van der Waals surface area contributed by atoms with Gasteiger partial charge in [0.05, 0.1) is 6.20 Å². The molecule has 1 aromatic heterocycles. The Morgan fingerprint density at radius 3 is 2.58 bits per heavy atom. The van der Waals surface area contributed by atoms with Crippen LogP contribution in [0.4, 0.5) is 0 Å². The Bertz CT molecular complexity index is 296. The molecule has 0 aliphatic carbocycles. The predicted octanol–water partition coefficient (Wildman–Crippen LogP) is 0.848. The lowest BCUT2D eigenvalue weighted by Gasteiger charge is -1.97.